The SMILES string of the molecule is CC1=CC(c2cc3c(c(OC(C)c4cccnc4)c2)NC(=O)CC3)=CN(C)C1. The highest BCUT2D eigenvalue weighted by Crippen LogP contribution is 2.39. The molecule has 0 spiro atoms. The Morgan fingerprint density at radius 2 is 2.14 bits per heavy atom. The molecular formula is C23H25N3O2. The molecule has 144 valence electrons. The standard InChI is InChI=1S/C23H25N3O2/c1-15-9-20(14-26(3)13-15)19-10-17-6-7-22(27)25-23(17)21(11-19)28-16(2)18-5-4-8-24-12-18/h4-5,8-12,14,16H,6-7,13H2,1-3H3,(H,25,27). The molecule has 1 aromatic heterocycles. The van der Waals surface area contributed by atoms with E-state index in [1.54, 1.807) is 6.20 Å². The van der Waals surface area contributed by atoms with Crippen LogP contribution in [0.5, 0.6) is 5.75 Å². The van der Waals surface area contributed by atoms with Crippen molar-refractivity contribution in [3.05, 3.63) is 71.2 Å². The summed E-state index contributed by atoms with van der Waals surface area (Å²) in [5.74, 6) is 0.739. The van der Waals surface area contributed by atoms with Crippen molar-refractivity contribution in [2.75, 3.05) is 18.9 Å². The summed E-state index contributed by atoms with van der Waals surface area (Å²) in [7, 11) is 2.08. The van der Waals surface area contributed by atoms with E-state index in [2.05, 4.69) is 47.5 Å². The summed E-state index contributed by atoms with van der Waals surface area (Å²) >= 11 is 0. The lowest BCUT2D eigenvalue weighted by molar-refractivity contribution is -0.116. The number of benzene rings is 1. The number of aryl methyl sites for hydroxylation is 1. The molecule has 5 heteroatoms. The summed E-state index contributed by atoms with van der Waals surface area (Å²) in [6, 6.07) is 8.10. The third kappa shape index (κ3) is 3.79. The van der Waals surface area contributed by atoms with E-state index < -0.39 is 0 Å². The number of carbonyl (C=O) groups excluding carboxylic acids is 1. The Bertz CT molecular complexity index is 963. The van der Waals surface area contributed by atoms with Gasteiger partial charge in [-0.25, -0.2) is 0 Å². The number of nitrogens with zero attached hydrogens (tertiary/aromatic N) is 2. The molecule has 1 aromatic carbocycles. The van der Waals surface area contributed by atoms with Crippen LogP contribution in [0.4, 0.5) is 5.69 Å². The molecule has 0 fully saturated rings. The van der Waals surface area contributed by atoms with Crippen molar-refractivity contribution in [1.29, 1.82) is 0 Å². The summed E-state index contributed by atoms with van der Waals surface area (Å²) in [4.78, 5) is 18.4. The zero-order chi connectivity index (χ0) is 19.7. The molecule has 2 aliphatic rings. The van der Waals surface area contributed by atoms with Gasteiger partial charge in [0.15, 0.2) is 0 Å². The summed E-state index contributed by atoms with van der Waals surface area (Å²) in [6.45, 7) is 5.08. The lowest BCUT2D eigenvalue weighted by atomic mass is 9.94. The van der Waals surface area contributed by atoms with Gasteiger partial charge in [0.05, 0.1) is 5.69 Å². The van der Waals surface area contributed by atoms with Crippen molar-refractivity contribution in [2.24, 2.45) is 0 Å². The zero-order valence-electron chi connectivity index (χ0n) is 16.5. The first kappa shape index (κ1) is 18.3. The molecule has 0 radical (unpaired) electrons. The lowest BCUT2D eigenvalue weighted by Gasteiger charge is -2.26. The van der Waals surface area contributed by atoms with Gasteiger partial charge in [0.1, 0.15) is 11.9 Å². The van der Waals surface area contributed by atoms with Gasteiger partial charge in [0.2, 0.25) is 5.91 Å². The number of fused-ring (bicyclic) bond motifs is 1. The van der Waals surface area contributed by atoms with E-state index in [0.717, 1.165) is 40.9 Å². The average molecular weight is 375 g/mol. The van der Waals surface area contributed by atoms with Gasteiger partial charge < -0.3 is 15.0 Å². The van der Waals surface area contributed by atoms with Crippen molar-refractivity contribution in [3.63, 3.8) is 0 Å². The second kappa shape index (κ2) is 7.50. The maximum Gasteiger partial charge on any atom is 0.224 e. The second-order valence-electron chi connectivity index (χ2n) is 7.59. The van der Waals surface area contributed by atoms with Crippen LogP contribution in [0.3, 0.4) is 0 Å². The molecule has 1 amide bonds. The van der Waals surface area contributed by atoms with Crippen LogP contribution in [0.2, 0.25) is 0 Å². The van der Waals surface area contributed by atoms with E-state index >= 15 is 0 Å². The first-order valence-electron chi connectivity index (χ1n) is 9.62. The van der Waals surface area contributed by atoms with Gasteiger partial charge in [-0.2, -0.15) is 0 Å². The Morgan fingerprint density at radius 1 is 1.29 bits per heavy atom. The Balaban J connectivity index is 1.74. The van der Waals surface area contributed by atoms with E-state index in [0.29, 0.717) is 12.2 Å². The topological polar surface area (TPSA) is 54.5 Å². The Hall–Kier alpha value is -3.08. The minimum absolute atomic E-state index is 0.0338. The summed E-state index contributed by atoms with van der Waals surface area (Å²) in [5, 5.41) is 3.01. The zero-order valence-corrected chi connectivity index (χ0v) is 16.5. The molecular weight excluding hydrogens is 350 g/mol. The van der Waals surface area contributed by atoms with Crippen molar-refractivity contribution >= 4 is 17.2 Å². The largest absolute Gasteiger partial charge is 0.484 e. The summed E-state index contributed by atoms with van der Waals surface area (Å²) in [5.41, 5.74) is 6.49. The van der Waals surface area contributed by atoms with Crippen molar-refractivity contribution in [2.45, 2.75) is 32.8 Å². The van der Waals surface area contributed by atoms with Crippen LogP contribution in [-0.4, -0.2) is 29.4 Å². The minimum atomic E-state index is -0.174. The number of ether oxygens (including phenoxy) is 1. The summed E-state index contributed by atoms with van der Waals surface area (Å²) < 4.78 is 6.32. The van der Waals surface area contributed by atoms with Crippen LogP contribution in [0.15, 0.2) is 54.5 Å². The number of pyridine rings is 1. The highest BCUT2D eigenvalue weighted by atomic mass is 16.5. The smallest absolute Gasteiger partial charge is 0.224 e. The quantitative estimate of drug-likeness (QED) is 0.864. The molecule has 1 N–H and O–H groups in total. The molecule has 2 aliphatic heterocycles. The number of amides is 1. The van der Waals surface area contributed by atoms with Crippen molar-refractivity contribution in [3.8, 4) is 5.75 Å². The van der Waals surface area contributed by atoms with Gasteiger partial charge in [-0.05, 0) is 55.2 Å². The van der Waals surface area contributed by atoms with Crippen LogP contribution >= 0.6 is 0 Å². The van der Waals surface area contributed by atoms with Gasteiger partial charge in [0.25, 0.3) is 0 Å². The van der Waals surface area contributed by atoms with Crippen LogP contribution in [0.25, 0.3) is 5.57 Å². The Kier molecular flexibility index (Phi) is 4.90. The molecule has 5 nitrogen and oxygen atoms in total. The maximum atomic E-state index is 12.0. The third-order valence-electron chi connectivity index (χ3n) is 5.12. The normalized spacial score (nSPS) is 17.2. The number of hydrogen-bond acceptors (Lipinski definition) is 4. The molecule has 2 aromatic rings. The first-order valence-corrected chi connectivity index (χ1v) is 9.62. The molecule has 0 saturated heterocycles. The predicted molar refractivity (Wildman–Crippen MR) is 111 cm³/mol. The lowest BCUT2D eigenvalue weighted by Crippen LogP contribution is -2.21. The molecule has 4 rings (SSSR count). The third-order valence-corrected chi connectivity index (χ3v) is 5.12. The van der Waals surface area contributed by atoms with Crippen LogP contribution in [0, 0.1) is 0 Å². The summed E-state index contributed by atoms with van der Waals surface area (Å²) in [6.07, 6.45) is 8.98. The fourth-order valence-electron chi connectivity index (χ4n) is 3.78. The number of carbonyl (C=O) groups is 1. The van der Waals surface area contributed by atoms with Crippen LogP contribution in [-0.2, 0) is 11.2 Å². The number of nitrogens with one attached hydrogen (secondary N) is 1. The van der Waals surface area contributed by atoms with Gasteiger partial charge in [-0.3, -0.25) is 9.78 Å². The highest BCUT2D eigenvalue weighted by molar-refractivity contribution is 5.96. The van der Waals surface area contributed by atoms with E-state index in [9.17, 15) is 4.79 Å². The van der Waals surface area contributed by atoms with E-state index in [1.807, 2.05) is 31.3 Å². The molecule has 28 heavy (non-hydrogen) atoms. The molecule has 1 unspecified atom stereocenters. The molecule has 1 atom stereocenters. The number of allylic oxidation sites excluding steroid dienone is 2. The van der Waals surface area contributed by atoms with Gasteiger partial charge in [-0.1, -0.05) is 17.7 Å². The average Bonchev–Trinajstić information content (AvgIpc) is 2.68. The predicted octanol–water partition coefficient (Wildman–Crippen LogP) is 4.34. The van der Waals surface area contributed by atoms with E-state index in [1.165, 1.54) is 5.57 Å². The molecule has 0 saturated carbocycles. The number of rotatable bonds is 4. The number of aromatic nitrogens is 1. The molecule has 0 aliphatic carbocycles. The Labute approximate surface area is 165 Å². The molecule has 0 bridgehead atoms. The van der Waals surface area contributed by atoms with Gasteiger partial charge in [-0.15, -0.1) is 0 Å². The highest BCUT2D eigenvalue weighted by Gasteiger charge is 2.23. The number of hydrogen-bond donors (Lipinski definition) is 1. The van der Waals surface area contributed by atoms with Gasteiger partial charge >= 0.3 is 0 Å². The number of anilines is 1. The van der Waals surface area contributed by atoms with Crippen LogP contribution < -0.4 is 10.1 Å². The Morgan fingerprint density at radius 3 is 2.89 bits per heavy atom. The molecule has 3 heterocycles. The maximum absolute atomic E-state index is 12.0. The fourth-order valence-corrected chi connectivity index (χ4v) is 3.78. The van der Waals surface area contributed by atoms with Crippen molar-refractivity contribution < 1.29 is 9.53 Å². The fraction of sp³-hybridized carbons (Fsp3) is 0.304. The minimum Gasteiger partial charge on any atom is -0.484 e. The van der Waals surface area contributed by atoms with E-state index in [-0.39, 0.29) is 12.0 Å². The van der Waals surface area contributed by atoms with Crippen LogP contribution in [0.1, 0.15) is 43.1 Å². The number of likely N-dealkylation sites (N-methyl/N-ethyl adjacent to an activating group) is 1. The monoisotopic (exact) mass is 375 g/mol. The van der Waals surface area contributed by atoms with Crippen molar-refractivity contribution in [1.82, 2.24) is 9.88 Å². The second-order valence-corrected chi connectivity index (χ2v) is 7.59. The van der Waals surface area contributed by atoms with Gasteiger partial charge in [0, 0.05) is 44.2 Å². The van der Waals surface area contributed by atoms with E-state index in [4.69, 9.17) is 4.74 Å². The first-order chi connectivity index (χ1) is 13.5.